The summed E-state index contributed by atoms with van der Waals surface area (Å²) in [6, 6.07) is 8.60. The van der Waals surface area contributed by atoms with Gasteiger partial charge in [0, 0.05) is 20.1 Å². The molecule has 0 atom stereocenters. The molecule has 1 fully saturated rings. The first-order chi connectivity index (χ1) is 10.3. The first-order valence-electron chi connectivity index (χ1n) is 8.00. The van der Waals surface area contributed by atoms with Crippen LogP contribution in [0.5, 0.6) is 0 Å². The van der Waals surface area contributed by atoms with Gasteiger partial charge in [0.15, 0.2) is 5.96 Å². The quantitative estimate of drug-likeness (QED) is 0.324. The Labute approximate surface area is 151 Å². The molecule has 4 nitrogen and oxygen atoms in total. The molecule has 0 bridgehead atoms. The third kappa shape index (κ3) is 6.96. The number of rotatable bonds is 6. The number of hydrogen-bond acceptors (Lipinski definition) is 2. The molecule has 1 aromatic carbocycles. The number of nitrogens with one attached hydrogen (secondary N) is 2. The Morgan fingerprint density at radius 2 is 1.82 bits per heavy atom. The van der Waals surface area contributed by atoms with Crippen molar-refractivity contribution in [2.45, 2.75) is 32.7 Å². The fraction of sp³-hybridized carbons (Fsp3) is 0.588. The van der Waals surface area contributed by atoms with Crippen LogP contribution in [-0.4, -0.2) is 44.1 Å². The van der Waals surface area contributed by atoms with Crippen molar-refractivity contribution in [3.8, 4) is 0 Å². The van der Waals surface area contributed by atoms with Gasteiger partial charge in [-0.15, -0.1) is 24.0 Å². The van der Waals surface area contributed by atoms with Gasteiger partial charge in [-0.2, -0.15) is 0 Å². The van der Waals surface area contributed by atoms with Gasteiger partial charge < -0.3 is 15.5 Å². The van der Waals surface area contributed by atoms with Crippen molar-refractivity contribution in [2.75, 3.05) is 33.2 Å². The molecule has 2 N–H and O–H groups in total. The van der Waals surface area contributed by atoms with Crippen molar-refractivity contribution in [3.63, 3.8) is 0 Å². The molecule has 1 heterocycles. The molecule has 1 saturated heterocycles. The molecule has 0 aromatic heterocycles. The van der Waals surface area contributed by atoms with E-state index in [9.17, 15) is 0 Å². The van der Waals surface area contributed by atoms with Crippen LogP contribution in [0.25, 0.3) is 0 Å². The van der Waals surface area contributed by atoms with Crippen molar-refractivity contribution in [1.29, 1.82) is 0 Å². The highest BCUT2D eigenvalue weighted by Gasteiger charge is 2.10. The number of nitrogens with zero attached hydrogens (tertiary/aromatic N) is 2. The van der Waals surface area contributed by atoms with Crippen molar-refractivity contribution in [2.24, 2.45) is 4.99 Å². The third-order valence-corrected chi connectivity index (χ3v) is 3.95. The summed E-state index contributed by atoms with van der Waals surface area (Å²) >= 11 is 0. The molecule has 0 radical (unpaired) electrons. The van der Waals surface area contributed by atoms with E-state index in [4.69, 9.17) is 0 Å². The molecular weight excluding hydrogens is 387 g/mol. The molecule has 1 aromatic rings. The van der Waals surface area contributed by atoms with Crippen LogP contribution in [0, 0.1) is 6.92 Å². The summed E-state index contributed by atoms with van der Waals surface area (Å²) in [5.41, 5.74) is 2.57. The van der Waals surface area contributed by atoms with Gasteiger partial charge in [-0.25, -0.2) is 0 Å². The largest absolute Gasteiger partial charge is 0.356 e. The number of aliphatic imine (C=N–C) groups is 1. The molecule has 0 aliphatic carbocycles. The lowest BCUT2D eigenvalue weighted by Gasteiger charge is -2.16. The number of likely N-dealkylation sites (tertiary alicyclic amines) is 1. The molecule has 2 rings (SSSR count). The molecular formula is C17H29IN4. The van der Waals surface area contributed by atoms with Crippen LogP contribution in [0.4, 0.5) is 0 Å². The minimum atomic E-state index is 0. The molecule has 1 aliphatic heterocycles. The number of aryl methyl sites for hydroxylation is 1. The molecule has 1 aliphatic rings. The predicted molar refractivity (Wildman–Crippen MR) is 105 cm³/mol. The Morgan fingerprint density at radius 3 is 2.45 bits per heavy atom. The topological polar surface area (TPSA) is 39.7 Å². The Kier molecular flexibility index (Phi) is 9.47. The van der Waals surface area contributed by atoms with Gasteiger partial charge in [0.25, 0.3) is 0 Å². The van der Waals surface area contributed by atoms with E-state index >= 15 is 0 Å². The van der Waals surface area contributed by atoms with Crippen LogP contribution >= 0.6 is 24.0 Å². The van der Waals surface area contributed by atoms with Crippen LogP contribution in [-0.2, 0) is 6.54 Å². The second-order valence-electron chi connectivity index (χ2n) is 5.74. The average Bonchev–Trinajstić information content (AvgIpc) is 3.01. The minimum Gasteiger partial charge on any atom is -0.356 e. The van der Waals surface area contributed by atoms with Crippen molar-refractivity contribution in [1.82, 2.24) is 15.5 Å². The van der Waals surface area contributed by atoms with E-state index < -0.39 is 0 Å². The fourth-order valence-corrected chi connectivity index (χ4v) is 2.63. The van der Waals surface area contributed by atoms with E-state index in [1.807, 2.05) is 7.05 Å². The monoisotopic (exact) mass is 416 g/mol. The lowest BCUT2D eigenvalue weighted by Crippen LogP contribution is -2.38. The number of guanidine groups is 1. The van der Waals surface area contributed by atoms with Crippen LogP contribution in [0.15, 0.2) is 29.3 Å². The van der Waals surface area contributed by atoms with Gasteiger partial charge >= 0.3 is 0 Å². The van der Waals surface area contributed by atoms with Crippen LogP contribution < -0.4 is 10.6 Å². The van der Waals surface area contributed by atoms with Crippen LogP contribution in [0.1, 0.15) is 30.4 Å². The summed E-state index contributed by atoms with van der Waals surface area (Å²) in [4.78, 5) is 6.82. The van der Waals surface area contributed by atoms with Gasteiger partial charge in [0.05, 0.1) is 0 Å². The highest BCUT2D eigenvalue weighted by molar-refractivity contribution is 14.0. The standard InChI is InChI=1S/C17H28N4.HI/c1-15-6-8-16(9-7-15)14-20-17(18-2)19-10-5-13-21-11-3-4-12-21;/h6-9H,3-5,10-14H2,1-2H3,(H2,18,19,20);1H. The number of benzene rings is 1. The summed E-state index contributed by atoms with van der Waals surface area (Å²) < 4.78 is 0. The molecule has 124 valence electrons. The molecule has 5 heteroatoms. The number of halogens is 1. The van der Waals surface area contributed by atoms with E-state index in [1.54, 1.807) is 0 Å². The summed E-state index contributed by atoms with van der Waals surface area (Å²) in [6.45, 7) is 7.65. The zero-order valence-electron chi connectivity index (χ0n) is 13.8. The van der Waals surface area contributed by atoms with Gasteiger partial charge in [0.2, 0.25) is 0 Å². The molecule has 0 saturated carbocycles. The Hall–Kier alpha value is -0.820. The van der Waals surface area contributed by atoms with Crippen molar-refractivity contribution >= 4 is 29.9 Å². The van der Waals surface area contributed by atoms with Crippen LogP contribution in [0.3, 0.4) is 0 Å². The van der Waals surface area contributed by atoms with Gasteiger partial charge in [0.1, 0.15) is 0 Å². The smallest absolute Gasteiger partial charge is 0.191 e. The average molecular weight is 416 g/mol. The maximum Gasteiger partial charge on any atom is 0.191 e. The summed E-state index contributed by atoms with van der Waals surface area (Å²) in [5.74, 6) is 0.886. The minimum absolute atomic E-state index is 0. The first-order valence-corrected chi connectivity index (χ1v) is 8.00. The third-order valence-electron chi connectivity index (χ3n) is 3.95. The Morgan fingerprint density at radius 1 is 1.14 bits per heavy atom. The number of hydrogen-bond donors (Lipinski definition) is 2. The van der Waals surface area contributed by atoms with E-state index in [0.717, 1.165) is 19.0 Å². The zero-order valence-corrected chi connectivity index (χ0v) is 16.1. The van der Waals surface area contributed by atoms with Crippen LogP contribution in [0.2, 0.25) is 0 Å². The highest BCUT2D eigenvalue weighted by atomic mass is 127. The van der Waals surface area contributed by atoms with E-state index in [-0.39, 0.29) is 24.0 Å². The molecule has 0 spiro atoms. The maximum absolute atomic E-state index is 4.27. The molecule has 0 unspecified atom stereocenters. The lowest BCUT2D eigenvalue weighted by atomic mass is 10.1. The van der Waals surface area contributed by atoms with Crippen molar-refractivity contribution in [3.05, 3.63) is 35.4 Å². The lowest BCUT2D eigenvalue weighted by molar-refractivity contribution is 0.334. The molecule has 0 amide bonds. The summed E-state index contributed by atoms with van der Waals surface area (Å²) in [7, 11) is 1.82. The van der Waals surface area contributed by atoms with E-state index in [0.29, 0.717) is 0 Å². The Bertz CT molecular complexity index is 438. The van der Waals surface area contributed by atoms with E-state index in [2.05, 4.69) is 51.7 Å². The Balaban J connectivity index is 0.00000242. The fourth-order valence-electron chi connectivity index (χ4n) is 2.63. The first kappa shape index (κ1) is 19.2. The normalized spacial score (nSPS) is 15.5. The predicted octanol–water partition coefficient (Wildman–Crippen LogP) is 2.76. The SMILES string of the molecule is CN=C(NCCCN1CCCC1)NCc1ccc(C)cc1.I. The zero-order chi connectivity index (χ0) is 14.9. The second kappa shape index (κ2) is 10.8. The van der Waals surface area contributed by atoms with Gasteiger partial charge in [-0.3, -0.25) is 4.99 Å². The van der Waals surface area contributed by atoms with E-state index in [1.165, 1.54) is 50.0 Å². The van der Waals surface area contributed by atoms with Gasteiger partial charge in [-0.05, 0) is 51.4 Å². The van der Waals surface area contributed by atoms with Gasteiger partial charge in [-0.1, -0.05) is 29.8 Å². The highest BCUT2D eigenvalue weighted by Crippen LogP contribution is 2.06. The molecule has 22 heavy (non-hydrogen) atoms. The summed E-state index contributed by atoms with van der Waals surface area (Å²) in [5, 5.41) is 6.75. The maximum atomic E-state index is 4.27. The summed E-state index contributed by atoms with van der Waals surface area (Å²) in [6.07, 6.45) is 3.91. The second-order valence-corrected chi connectivity index (χ2v) is 5.74. The van der Waals surface area contributed by atoms with Crippen molar-refractivity contribution < 1.29 is 0 Å².